The Labute approximate surface area is 147 Å². The van der Waals surface area contributed by atoms with E-state index in [9.17, 15) is 22.8 Å². The molecule has 1 aliphatic rings. The number of rotatable bonds is 12. The summed E-state index contributed by atoms with van der Waals surface area (Å²) in [5.74, 6) is -2.17. The molecule has 7 heteroatoms. The van der Waals surface area contributed by atoms with Crippen LogP contribution in [0.2, 0.25) is 0 Å². The smallest absolute Gasteiger partial charge is 0.462 e. The van der Waals surface area contributed by atoms with Gasteiger partial charge in [-0.25, -0.2) is 4.79 Å². The largest absolute Gasteiger partial charge is 0.490 e. The highest BCUT2D eigenvalue weighted by molar-refractivity contribution is 5.75. The molecule has 1 aliphatic heterocycles. The summed E-state index contributed by atoms with van der Waals surface area (Å²) in [4.78, 5) is 21.6. The van der Waals surface area contributed by atoms with Gasteiger partial charge in [-0.1, -0.05) is 44.9 Å². The van der Waals surface area contributed by atoms with Crippen LogP contribution in [0.4, 0.5) is 13.2 Å². The molecule has 1 fully saturated rings. The Balaban J connectivity index is 1.80. The molecule has 4 nitrogen and oxygen atoms in total. The molecule has 0 amide bonds. The monoisotopic (exact) mass is 366 g/mol. The summed E-state index contributed by atoms with van der Waals surface area (Å²) in [6.07, 6.45) is 7.57. The molecule has 1 rings (SSSR count). The van der Waals surface area contributed by atoms with E-state index >= 15 is 0 Å². The third-order valence-corrected chi connectivity index (χ3v) is 4.34. The van der Waals surface area contributed by atoms with Gasteiger partial charge in [0.25, 0.3) is 0 Å². The number of unbranched alkanes of at least 4 members (excludes halogenated alkanes) is 8. The van der Waals surface area contributed by atoms with Crippen molar-refractivity contribution in [2.45, 2.75) is 95.8 Å². The number of carbonyl (C=O) groups excluding carboxylic acids is 2. The number of cyclic esters (lactones) is 1. The van der Waals surface area contributed by atoms with Crippen LogP contribution in [0.25, 0.3) is 0 Å². The van der Waals surface area contributed by atoms with Gasteiger partial charge in [0.2, 0.25) is 0 Å². The second-order valence-corrected chi connectivity index (χ2v) is 6.61. The van der Waals surface area contributed by atoms with Crippen molar-refractivity contribution in [1.29, 1.82) is 0 Å². The minimum absolute atomic E-state index is 0.0653. The van der Waals surface area contributed by atoms with Gasteiger partial charge in [-0.2, -0.15) is 13.2 Å². The van der Waals surface area contributed by atoms with E-state index < -0.39 is 12.1 Å². The summed E-state index contributed by atoms with van der Waals surface area (Å²) in [6.45, 7) is -0.163. The van der Waals surface area contributed by atoms with Crippen LogP contribution in [-0.2, 0) is 19.1 Å². The quantitative estimate of drug-likeness (QED) is 0.357. The molecule has 0 aromatic heterocycles. The van der Waals surface area contributed by atoms with Gasteiger partial charge in [-0.05, 0) is 32.1 Å². The van der Waals surface area contributed by atoms with Crippen LogP contribution < -0.4 is 0 Å². The van der Waals surface area contributed by atoms with E-state index in [1.54, 1.807) is 0 Å². The topological polar surface area (TPSA) is 52.6 Å². The fourth-order valence-electron chi connectivity index (χ4n) is 2.94. The molecule has 0 saturated carbocycles. The minimum Gasteiger partial charge on any atom is -0.462 e. The zero-order chi connectivity index (χ0) is 18.5. The SMILES string of the molecule is O=C1CCCC(CCCCCCCCCCCOC(=O)C(F)(F)F)O1. The van der Waals surface area contributed by atoms with E-state index in [1.165, 1.54) is 0 Å². The molecular formula is C18H29F3O4. The van der Waals surface area contributed by atoms with Gasteiger partial charge in [0.05, 0.1) is 6.61 Å². The van der Waals surface area contributed by atoms with Gasteiger partial charge in [-0.15, -0.1) is 0 Å². The molecule has 146 valence electrons. The number of esters is 2. The molecular weight excluding hydrogens is 337 g/mol. The zero-order valence-electron chi connectivity index (χ0n) is 14.7. The van der Waals surface area contributed by atoms with Crippen molar-refractivity contribution in [3.05, 3.63) is 0 Å². The number of halogens is 3. The molecule has 1 saturated heterocycles. The van der Waals surface area contributed by atoms with E-state index in [-0.39, 0.29) is 18.7 Å². The third-order valence-electron chi connectivity index (χ3n) is 4.34. The van der Waals surface area contributed by atoms with Gasteiger partial charge in [0, 0.05) is 6.42 Å². The standard InChI is InChI=1S/C18H29F3O4/c19-18(20,21)17(23)24-14-9-7-5-3-1-2-4-6-8-11-15-12-10-13-16(22)25-15/h15H,1-14H2. The Morgan fingerprint density at radius 3 is 2.12 bits per heavy atom. The average molecular weight is 366 g/mol. The maximum Gasteiger partial charge on any atom is 0.490 e. The maximum atomic E-state index is 11.9. The summed E-state index contributed by atoms with van der Waals surface area (Å²) in [5.41, 5.74) is 0. The molecule has 25 heavy (non-hydrogen) atoms. The van der Waals surface area contributed by atoms with E-state index in [0.29, 0.717) is 12.8 Å². The number of ether oxygens (including phenoxy) is 2. The average Bonchev–Trinajstić information content (AvgIpc) is 2.54. The first-order valence-corrected chi connectivity index (χ1v) is 9.33. The predicted molar refractivity (Wildman–Crippen MR) is 86.9 cm³/mol. The van der Waals surface area contributed by atoms with Gasteiger partial charge < -0.3 is 9.47 Å². The van der Waals surface area contributed by atoms with Crippen molar-refractivity contribution in [1.82, 2.24) is 0 Å². The summed E-state index contributed by atoms with van der Waals surface area (Å²) in [5, 5.41) is 0. The lowest BCUT2D eigenvalue weighted by atomic mass is 10.0. The fraction of sp³-hybridized carbons (Fsp3) is 0.889. The van der Waals surface area contributed by atoms with Crippen LogP contribution in [0.3, 0.4) is 0 Å². The summed E-state index contributed by atoms with van der Waals surface area (Å²) in [6, 6.07) is 0. The lowest BCUT2D eigenvalue weighted by molar-refractivity contribution is -0.199. The van der Waals surface area contributed by atoms with Crippen molar-refractivity contribution in [3.8, 4) is 0 Å². The van der Waals surface area contributed by atoms with Crippen molar-refractivity contribution in [2.24, 2.45) is 0 Å². The van der Waals surface area contributed by atoms with Gasteiger partial charge in [-0.3, -0.25) is 4.79 Å². The minimum atomic E-state index is -4.89. The molecule has 0 N–H and O–H groups in total. The van der Waals surface area contributed by atoms with Crippen LogP contribution in [-0.4, -0.2) is 30.8 Å². The predicted octanol–water partition coefficient (Wildman–Crippen LogP) is 5.09. The summed E-state index contributed by atoms with van der Waals surface area (Å²) >= 11 is 0. The lowest BCUT2D eigenvalue weighted by Crippen LogP contribution is -2.25. The number of hydrogen-bond acceptors (Lipinski definition) is 4. The van der Waals surface area contributed by atoms with Crippen LogP contribution in [0.1, 0.15) is 83.5 Å². The van der Waals surface area contributed by atoms with Crippen molar-refractivity contribution >= 4 is 11.9 Å². The highest BCUT2D eigenvalue weighted by Gasteiger charge is 2.40. The fourth-order valence-corrected chi connectivity index (χ4v) is 2.94. The van der Waals surface area contributed by atoms with Crippen LogP contribution in [0, 0.1) is 0 Å². The Morgan fingerprint density at radius 2 is 1.56 bits per heavy atom. The van der Waals surface area contributed by atoms with Crippen molar-refractivity contribution in [2.75, 3.05) is 6.61 Å². The molecule has 0 spiro atoms. The Hall–Kier alpha value is -1.27. The highest BCUT2D eigenvalue weighted by atomic mass is 19.4. The maximum absolute atomic E-state index is 11.9. The molecule has 0 aromatic rings. The molecule has 1 heterocycles. The Bertz CT molecular complexity index is 396. The summed E-state index contributed by atoms with van der Waals surface area (Å²) < 4.78 is 45.1. The number of carbonyl (C=O) groups is 2. The molecule has 0 bridgehead atoms. The van der Waals surface area contributed by atoms with Crippen molar-refractivity contribution < 1.29 is 32.2 Å². The first-order valence-electron chi connectivity index (χ1n) is 9.33. The zero-order valence-corrected chi connectivity index (χ0v) is 14.7. The van der Waals surface area contributed by atoms with Crippen LogP contribution >= 0.6 is 0 Å². The lowest BCUT2D eigenvalue weighted by Gasteiger charge is -2.21. The van der Waals surface area contributed by atoms with E-state index in [1.807, 2.05) is 0 Å². The molecule has 0 radical (unpaired) electrons. The molecule has 1 atom stereocenters. The van der Waals surface area contributed by atoms with Gasteiger partial charge in [0.15, 0.2) is 0 Å². The number of hydrogen-bond donors (Lipinski definition) is 0. The third kappa shape index (κ3) is 11.1. The highest BCUT2D eigenvalue weighted by Crippen LogP contribution is 2.20. The first kappa shape index (κ1) is 21.8. The van der Waals surface area contributed by atoms with Crippen LogP contribution in [0.15, 0.2) is 0 Å². The molecule has 1 unspecified atom stereocenters. The van der Waals surface area contributed by atoms with Gasteiger partial charge >= 0.3 is 18.1 Å². The summed E-state index contributed by atoms with van der Waals surface area (Å²) in [7, 11) is 0. The second kappa shape index (κ2) is 12.1. The van der Waals surface area contributed by atoms with E-state index in [4.69, 9.17) is 4.74 Å². The molecule has 0 aromatic carbocycles. The number of alkyl halides is 3. The Morgan fingerprint density at radius 1 is 1.00 bits per heavy atom. The van der Waals surface area contributed by atoms with Gasteiger partial charge in [0.1, 0.15) is 6.10 Å². The van der Waals surface area contributed by atoms with E-state index in [2.05, 4.69) is 4.74 Å². The van der Waals surface area contributed by atoms with Crippen molar-refractivity contribution in [3.63, 3.8) is 0 Å². The van der Waals surface area contributed by atoms with E-state index in [0.717, 1.165) is 70.6 Å². The normalized spacial score (nSPS) is 18.0. The molecule has 0 aliphatic carbocycles. The van der Waals surface area contributed by atoms with Crippen LogP contribution in [0.5, 0.6) is 0 Å². The first-order chi connectivity index (χ1) is 11.9. The Kier molecular flexibility index (Phi) is 10.6. The second-order valence-electron chi connectivity index (χ2n) is 6.61.